The molecule has 1 aliphatic heterocycles. The van der Waals surface area contributed by atoms with Crippen molar-refractivity contribution in [3.05, 3.63) is 78.4 Å². The predicted molar refractivity (Wildman–Crippen MR) is 101 cm³/mol. The van der Waals surface area contributed by atoms with Crippen molar-refractivity contribution in [2.24, 2.45) is 0 Å². The zero-order valence-electron chi connectivity index (χ0n) is 12.3. The predicted octanol–water partition coefficient (Wildman–Crippen LogP) is 6.07. The van der Waals surface area contributed by atoms with E-state index in [4.69, 9.17) is 46.4 Å². The number of Topliss-reactive ketones (excluding diaryl/α,β-unsaturated/α-hetero) is 2. The number of anilines is 1. The van der Waals surface area contributed by atoms with E-state index in [2.05, 4.69) is 5.32 Å². The number of allylic oxidation sites excluding steroid dienone is 2. The van der Waals surface area contributed by atoms with E-state index in [0.29, 0.717) is 5.70 Å². The third-order valence-corrected chi connectivity index (χ3v) is 5.91. The fourth-order valence-corrected chi connectivity index (χ4v) is 3.94. The standard InChI is InChI=1S/C18H7Cl4NO2/c19-13-11-12(14(20)16(22)15(13)21)18(25)10(17(11)24)9-6-5-7-3-1-2-4-8(7)23-9/h1-6,23H. The van der Waals surface area contributed by atoms with E-state index < -0.39 is 11.6 Å². The number of hydrogen-bond donors (Lipinski definition) is 1. The van der Waals surface area contributed by atoms with Crippen LogP contribution in [0.2, 0.25) is 20.1 Å². The maximum Gasteiger partial charge on any atom is 0.201 e. The zero-order chi connectivity index (χ0) is 17.9. The number of fused-ring (bicyclic) bond motifs is 2. The number of para-hydroxylation sites is 1. The van der Waals surface area contributed by atoms with Crippen molar-refractivity contribution in [1.29, 1.82) is 0 Å². The zero-order valence-corrected chi connectivity index (χ0v) is 15.3. The maximum absolute atomic E-state index is 12.9. The van der Waals surface area contributed by atoms with Gasteiger partial charge in [-0.1, -0.05) is 70.7 Å². The Hall–Kier alpha value is -1.78. The topological polar surface area (TPSA) is 46.2 Å². The molecule has 2 aromatic carbocycles. The minimum atomic E-state index is -0.531. The molecule has 0 atom stereocenters. The first-order valence-corrected chi connectivity index (χ1v) is 8.66. The Labute approximate surface area is 162 Å². The van der Waals surface area contributed by atoms with Crippen molar-refractivity contribution in [2.75, 3.05) is 5.32 Å². The van der Waals surface area contributed by atoms with Crippen molar-refractivity contribution in [2.45, 2.75) is 0 Å². The highest BCUT2D eigenvalue weighted by Gasteiger charge is 2.41. The average molecular weight is 411 g/mol. The van der Waals surface area contributed by atoms with Crippen LogP contribution in [0.4, 0.5) is 5.69 Å². The van der Waals surface area contributed by atoms with Crippen LogP contribution >= 0.6 is 46.4 Å². The molecule has 0 aromatic heterocycles. The summed E-state index contributed by atoms with van der Waals surface area (Å²) in [5, 5.41) is 2.87. The molecule has 2 aromatic rings. The Bertz CT molecular complexity index is 1000. The summed E-state index contributed by atoms with van der Waals surface area (Å²) >= 11 is 24.3. The third kappa shape index (κ3) is 2.35. The van der Waals surface area contributed by atoms with Crippen molar-refractivity contribution in [3.63, 3.8) is 0 Å². The first-order chi connectivity index (χ1) is 11.9. The maximum atomic E-state index is 12.9. The molecule has 0 saturated carbocycles. The molecule has 1 aliphatic carbocycles. The van der Waals surface area contributed by atoms with Crippen molar-refractivity contribution in [1.82, 2.24) is 0 Å². The summed E-state index contributed by atoms with van der Waals surface area (Å²) in [6.45, 7) is 0. The summed E-state index contributed by atoms with van der Waals surface area (Å²) in [6, 6.07) is 7.52. The van der Waals surface area contributed by atoms with Gasteiger partial charge in [0.25, 0.3) is 0 Å². The first kappa shape index (κ1) is 16.7. The first-order valence-electron chi connectivity index (χ1n) is 7.15. The summed E-state index contributed by atoms with van der Waals surface area (Å²) in [5.74, 6) is -1.06. The quantitative estimate of drug-likeness (QED) is 0.248. The molecule has 25 heavy (non-hydrogen) atoms. The second-order valence-electron chi connectivity index (χ2n) is 5.50. The highest BCUT2D eigenvalue weighted by molar-refractivity contribution is 6.57. The molecule has 0 amide bonds. The number of hydrogen-bond acceptors (Lipinski definition) is 3. The molecule has 0 fully saturated rings. The number of carbonyl (C=O) groups is 2. The average Bonchev–Trinajstić information content (AvgIpc) is 2.88. The number of benzene rings is 2. The molecule has 0 bridgehead atoms. The molecule has 7 heteroatoms. The van der Waals surface area contributed by atoms with Crippen LogP contribution in [-0.2, 0) is 0 Å². The molecule has 1 N–H and O–H groups in total. The summed E-state index contributed by atoms with van der Waals surface area (Å²) in [5.41, 5.74) is 2.05. The molecule has 0 radical (unpaired) electrons. The van der Waals surface area contributed by atoms with Gasteiger partial charge in [-0.05, 0) is 17.7 Å². The minimum absolute atomic E-state index is 0.0115. The van der Waals surface area contributed by atoms with Crippen LogP contribution < -0.4 is 5.32 Å². The monoisotopic (exact) mass is 409 g/mol. The van der Waals surface area contributed by atoms with Crippen LogP contribution in [-0.4, -0.2) is 11.6 Å². The van der Waals surface area contributed by atoms with E-state index >= 15 is 0 Å². The van der Waals surface area contributed by atoms with Crippen LogP contribution in [0, 0.1) is 0 Å². The number of rotatable bonds is 0. The van der Waals surface area contributed by atoms with E-state index in [9.17, 15) is 9.59 Å². The summed E-state index contributed by atoms with van der Waals surface area (Å²) in [7, 11) is 0. The smallest absolute Gasteiger partial charge is 0.201 e. The number of nitrogens with one attached hydrogen (secondary N) is 1. The van der Waals surface area contributed by atoms with E-state index in [1.165, 1.54) is 0 Å². The van der Waals surface area contributed by atoms with E-state index in [-0.39, 0.29) is 36.8 Å². The largest absolute Gasteiger partial charge is 0.354 e. The summed E-state index contributed by atoms with van der Waals surface area (Å²) in [6.07, 6.45) is 3.49. The fourth-order valence-electron chi connectivity index (χ4n) is 2.92. The van der Waals surface area contributed by atoms with Crippen molar-refractivity contribution >= 4 is 69.7 Å². The lowest BCUT2D eigenvalue weighted by Crippen LogP contribution is -2.12. The molecular formula is C18H7Cl4NO2. The van der Waals surface area contributed by atoms with Crippen molar-refractivity contribution in [3.8, 4) is 0 Å². The van der Waals surface area contributed by atoms with Crippen LogP contribution in [0.1, 0.15) is 26.3 Å². The highest BCUT2D eigenvalue weighted by atomic mass is 35.5. The van der Waals surface area contributed by atoms with Gasteiger partial charge in [0.15, 0.2) is 0 Å². The van der Waals surface area contributed by atoms with Gasteiger partial charge in [-0.15, -0.1) is 0 Å². The van der Waals surface area contributed by atoms with Gasteiger partial charge >= 0.3 is 0 Å². The number of ketones is 2. The molecule has 0 unspecified atom stereocenters. The Balaban J connectivity index is 1.93. The lowest BCUT2D eigenvalue weighted by molar-refractivity contribution is 0.0988. The molecular weight excluding hydrogens is 404 g/mol. The Morgan fingerprint density at radius 2 is 1.28 bits per heavy atom. The van der Waals surface area contributed by atoms with Gasteiger partial charge in [-0.2, -0.15) is 0 Å². The van der Waals surface area contributed by atoms with Gasteiger partial charge < -0.3 is 5.32 Å². The van der Waals surface area contributed by atoms with E-state index in [1.807, 2.05) is 30.3 Å². The number of halogens is 4. The molecule has 124 valence electrons. The van der Waals surface area contributed by atoms with Gasteiger partial charge in [0, 0.05) is 5.69 Å². The van der Waals surface area contributed by atoms with E-state index in [1.54, 1.807) is 6.08 Å². The van der Waals surface area contributed by atoms with Crippen LogP contribution in [0.15, 0.2) is 41.6 Å². The highest BCUT2D eigenvalue weighted by Crippen LogP contribution is 2.46. The second-order valence-corrected chi connectivity index (χ2v) is 7.01. The summed E-state index contributed by atoms with van der Waals surface area (Å²) < 4.78 is 0. The molecule has 0 spiro atoms. The molecule has 4 rings (SSSR count). The van der Waals surface area contributed by atoms with Gasteiger partial charge in [-0.3, -0.25) is 9.59 Å². The van der Waals surface area contributed by atoms with E-state index in [0.717, 1.165) is 11.3 Å². The lowest BCUT2D eigenvalue weighted by atomic mass is 10.0. The molecule has 1 heterocycles. The third-order valence-electron chi connectivity index (χ3n) is 4.10. The van der Waals surface area contributed by atoms with Crippen LogP contribution in [0.3, 0.4) is 0 Å². The van der Waals surface area contributed by atoms with Crippen LogP contribution in [0.5, 0.6) is 0 Å². The minimum Gasteiger partial charge on any atom is -0.354 e. The fraction of sp³-hybridized carbons (Fsp3) is 0. The SMILES string of the molecule is O=C1C(=C2C=Cc3ccccc3N2)C(=O)c2c(Cl)c(Cl)c(Cl)c(Cl)c21. The van der Waals surface area contributed by atoms with Gasteiger partial charge in [0.05, 0.1) is 42.5 Å². The van der Waals surface area contributed by atoms with Gasteiger partial charge in [0.1, 0.15) is 0 Å². The van der Waals surface area contributed by atoms with Crippen molar-refractivity contribution < 1.29 is 9.59 Å². The molecule has 3 nitrogen and oxygen atoms in total. The normalized spacial score (nSPS) is 15.4. The summed E-state index contributed by atoms with van der Waals surface area (Å²) in [4.78, 5) is 25.7. The molecule has 2 aliphatic rings. The van der Waals surface area contributed by atoms with Crippen LogP contribution in [0.25, 0.3) is 6.08 Å². The number of carbonyl (C=O) groups excluding carboxylic acids is 2. The Morgan fingerprint density at radius 1 is 0.720 bits per heavy atom. The lowest BCUT2D eigenvalue weighted by Gasteiger charge is -2.16. The Kier molecular flexibility index (Phi) is 3.93. The van der Waals surface area contributed by atoms with Gasteiger partial charge in [-0.25, -0.2) is 0 Å². The Morgan fingerprint density at radius 3 is 1.88 bits per heavy atom. The van der Waals surface area contributed by atoms with Gasteiger partial charge in [0.2, 0.25) is 11.6 Å². The second kappa shape index (κ2) is 5.89. The molecule has 0 saturated heterocycles.